The van der Waals surface area contributed by atoms with Gasteiger partial charge in [0.15, 0.2) is 11.5 Å². The molecule has 0 aliphatic carbocycles. The zero-order valence-electron chi connectivity index (χ0n) is 15.4. The highest BCUT2D eigenvalue weighted by Gasteiger charge is 2.37. The van der Waals surface area contributed by atoms with Crippen molar-refractivity contribution in [1.29, 1.82) is 5.26 Å². The summed E-state index contributed by atoms with van der Waals surface area (Å²) in [5, 5.41) is 20.0. The Balaban J connectivity index is 2.40. The first-order valence-corrected chi connectivity index (χ1v) is 8.68. The molecule has 0 unspecified atom stereocenters. The smallest absolute Gasteiger partial charge is 0.166 e. The number of nitrogens with zero attached hydrogens (tertiary/aromatic N) is 1. The van der Waals surface area contributed by atoms with Gasteiger partial charge in [0, 0.05) is 23.6 Å². The molecule has 3 rings (SSSR count). The highest BCUT2D eigenvalue weighted by atomic mass is 19.1. The van der Waals surface area contributed by atoms with Crippen molar-refractivity contribution in [2.45, 2.75) is 45.6 Å². The third kappa shape index (κ3) is 3.06. The van der Waals surface area contributed by atoms with Crippen LogP contribution in [-0.2, 0) is 6.42 Å². The van der Waals surface area contributed by atoms with Crippen LogP contribution in [0.3, 0.4) is 0 Å². The van der Waals surface area contributed by atoms with Crippen LogP contribution >= 0.6 is 0 Å². The van der Waals surface area contributed by atoms with Crippen molar-refractivity contribution in [2.24, 2.45) is 0 Å². The van der Waals surface area contributed by atoms with Gasteiger partial charge in [0.2, 0.25) is 0 Å². The molecule has 0 saturated carbocycles. The van der Waals surface area contributed by atoms with Gasteiger partial charge < -0.3 is 9.84 Å². The Kier molecular flexibility index (Phi) is 4.50. The Hall–Kier alpha value is -2.80. The van der Waals surface area contributed by atoms with Crippen LogP contribution in [0.2, 0.25) is 0 Å². The third-order valence-electron chi connectivity index (χ3n) is 4.63. The lowest BCUT2D eigenvalue weighted by Gasteiger charge is -2.21. The first kappa shape index (κ1) is 18.0. The molecular weight excluding hydrogens is 329 g/mol. The topological polar surface area (TPSA) is 53.2 Å². The number of phenolic OH excluding ortho intramolecular Hbond substituents is 1. The number of halogens is 1. The molecule has 2 aromatic carbocycles. The summed E-state index contributed by atoms with van der Waals surface area (Å²) in [6, 6.07) is 8.00. The fourth-order valence-electron chi connectivity index (χ4n) is 3.69. The summed E-state index contributed by atoms with van der Waals surface area (Å²) in [5.41, 5.74) is 3.64. The highest BCUT2D eigenvalue weighted by molar-refractivity contribution is 5.87. The Labute approximate surface area is 153 Å². The number of aromatic hydroxyl groups is 1. The van der Waals surface area contributed by atoms with Gasteiger partial charge in [-0.25, -0.2) is 4.39 Å². The minimum Gasteiger partial charge on any atom is -0.504 e. The van der Waals surface area contributed by atoms with Gasteiger partial charge >= 0.3 is 0 Å². The van der Waals surface area contributed by atoms with Crippen molar-refractivity contribution in [3.8, 4) is 28.7 Å². The van der Waals surface area contributed by atoms with Gasteiger partial charge in [-0.05, 0) is 54.7 Å². The third-order valence-corrected chi connectivity index (χ3v) is 4.63. The molecule has 0 aromatic heterocycles. The van der Waals surface area contributed by atoms with Crippen molar-refractivity contribution in [2.75, 3.05) is 0 Å². The lowest BCUT2D eigenvalue weighted by molar-refractivity contribution is 0.134. The van der Waals surface area contributed by atoms with Gasteiger partial charge in [0.25, 0.3) is 0 Å². The van der Waals surface area contributed by atoms with Crippen molar-refractivity contribution in [3.63, 3.8) is 0 Å². The quantitative estimate of drug-likeness (QED) is 0.735. The second-order valence-electron chi connectivity index (χ2n) is 7.52. The SMILES string of the molecule is CC(C)c1c(/C=C/C#N)c(-c2ccc(F)cc2)c(O)c2c1CC(C)(C)O2. The molecule has 0 amide bonds. The van der Waals surface area contributed by atoms with Crippen molar-refractivity contribution < 1.29 is 14.2 Å². The largest absolute Gasteiger partial charge is 0.504 e. The van der Waals surface area contributed by atoms with Crippen LogP contribution < -0.4 is 4.74 Å². The molecule has 4 heteroatoms. The summed E-state index contributed by atoms with van der Waals surface area (Å²) in [5.74, 6) is 0.357. The Morgan fingerprint density at radius 1 is 1.27 bits per heavy atom. The summed E-state index contributed by atoms with van der Waals surface area (Å²) in [7, 11) is 0. The van der Waals surface area contributed by atoms with Gasteiger partial charge in [-0.15, -0.1) is 0 Å². The van der Waals surface area contributed by atoms with Gasteiger partial charge in [-0.1, -0.05) is 26.0 Å². The second-order valence-corrected chi connectivity index (χ2v) is 7.52. The number of ether oxygens (including phenoxy) is 1. The van der Waals surface area contributed by atoms with Crippen LogP contribution in [0.1, 0.15) is 50.3 Å². The lowest BCUT2D eigenvalue weighted by atomic mass is 9.83. The summed E-state index contributed by atoms with van der Waals surface area (Å²) < 4.78 is 19.4. The van der Waals surface area contributed by atoms with E-state index in [4.69, 9.17) is 10.00 Å². The molecule has 1 heterocycles. The normalized spacial score (nSPS) is 15.1. The molecule has 26 heavy (non-hydrogen) atoms. The van der Waals surface area contributed by atoms with Crippen LogP contribution in [0.15, 0.2) is 30.3 Å². The molecule has 1 N–H and O–H groups in total. The predicted molar refractivity (Wildman–Crippen MR) is 101 cm³/mol. The van der Waals surface area contributed by atoms with Crippen LogP contribution in [0, 0.1) is 17.1 Å². The van der Waals surface area contributed by atoms with E-state index < -0.39 is 5.60 Å². The number of benzene rings is 2. The summed E-state index contributed by atoms with van der Waals surface area (Å²) in [6.07, 6.45) is 3.81. The van der Waals surface area contributed by atoms with Crippen molar-refractivity contribution in [3.05, 3.63) is 52.8 Å². The minimum absolute atomic E-state index is 0.0409. The summed E-state index contributed by atoms with van der Waals surface area (Å²) in [4.78, 5) is 0. The van der Waals surface area contributed by atoms with Gasteiger partial charge in [-0.3, -0.25) is 0 Å². The Bertz CT molecular complexity index is 919. The van der Waals surface area contributed by atoms with Crippen LogP contribution in [0.5, 0.6) is 11.5 Å². The van der Waals surface area contributed by atoms with E-state index in [1.54, 1.807) is 18.2 Å². The molecule has 0 atom stereocenters. The van der Waals surface area contributed by atoms with E-state index >= 15 is 0 Å². The van der Waals surface area contributed by atoms with Gasteiger partial charge in [0.1, 0.15) is 11.4 Å². The number of nitriles is 1. The minimum atomic E-state index is -0.416. The molecule has 0 radical (unpaired) electrons. The molecule has 3 nitrogen and oxygen atoms in total. The standard InChI is InChI=1S/C22H22FNO2/c1-13(2)18-16(6-5-11-24)19(14-7-9-15(23)10-8-14)20(25)21-17(18)12-22(3,4)26-21/h5-10,13,25H,12H2,1-4H3/b6-5+. The van der Waals surface area contributed by atoms with E-state index in [1.165, 1.54) is 18.2 Å². The number of hydrogen-bond acceptors (Lipinski definition) is 3. The van der Waals surface area contributed by atoms with Crippen LogP contribution in [0.25, 0.3) is 17.2 Å². The van der Waals surface area contributed by atoms with Gasteiger partial charge in [-0.2, -0.15) is 5.26 Å². The molecular formula is C22H22FNO2. The van der Waals surface area contributed by atoms with Crippen molar-refractivity contribution >= 4 is 6.08 Å². The maximum atomic E-state index is 13.4. The first-order valence-electron chi connectivity index (χ1n) is 8.68. The molecule has 0 fully saturated rings. The van der Waals surface area contributed by atoms with E-state index in [0.29, 0.717) is 23.3 Å². The highest BCUT2D eigenvalue weighted by Crippen LogP contribution is 2.52. The zero-order chi connectivity index (χ0) is 19.1. The molecule has 0 saturated heterocycles. The predicted octanol–water partition coefficient (Wildman–Crippen LogP) is 5.57. The summed E-state index contributed by atoms with van der Waals surface area (Å²) >= 11 is 0. The Morgan fingerprint density at radius 3 is 2.50 bits per heavy atom. The average Bonchev–Trinajstić information content (AvgIpc) is 2.89. The zero-order valence-corrected chi connectivity index (χ0v) is 15.4. The van der Waals surface area contributed by atoms with E-state index in [1.807, 2.05) is 19.9 Å². The Morgan fingerprint density at radius 2 is 1.92 bits per heavy atom. The molecule has 0 bridgehead atoms. The average molecular weight is 351 g/mol. The van der Waals surface area contributed by atoms with E-state index in [-0.39, 0.29) is 17.5 Å². The molecule has 2 aromatic rings. The number of rotatable bonds is 3. The fourth-order valence-corrected chi connectivity index (χ4v) is 3.69. The maximum absolute atomic E-state index is 13.4. The second kappa shape index (κ2) is 6.49. The molecule has 0 spiro atoms. The van der Waals surface area contributed by atoms with E-state index in [9.17, 15) is 9.50 Å². The van der Waals surface area contributed by atoms with E-state index in [0.717, 1.165) is 16.7 Å². The number of fused-ring (bicyclic) bond motifs is 1. The number of allylic oxidation sites excluding steroid dienone is 1. The fraction of sp³-hybridized carbons (Fsp3) is 0.318. The van der Waals surface area contributed by atoms with Gasteiger partial charge in [0.05, 0.1) is 6.07 Å². The van der Waals surface area contributed by atoms with Crippen LogP contribution in [-0.4, -0.2) is 10.7 Å². The van der Waals surface area contributed by atoms with Crippen molar-refractivity contribution in [1.82, 2.24) is 0 Å². The molecule has 1 aliphatic rings. The number of phenols is 1. The first-order chi connectivity index (χ1) is 12.2. The summed E-state index contributed by atoms with van der Waals surface area (Å²) in [6.45, 7) is 8.13. The monoisotopic (exact) mass is 351 g/mol. The molecule has 134 valence electrons. The molecule has 1 aliphatic heterocycles. The maximum Gasteiger partial charge on any atom is 0.166 e. The van der Waals surface area contributed by atoms with E-state index in [2.05, 4.69) is 13.8 Å². The van der Waals surface area contributed by atoms with Crippen LogP contribution in [0.4, 0.5) is 4.39 Å². The number of hydrogen-bond donors (Lipinski definition) is 1. The lowest BCUT2D eigenvalue weighted by Crippen LogP contribution is -2.24.